The van der Waals surface area contributed by atoms with Gasteiger partial charge in [0.05, 0.1) is 18.1 Å². The quantitative estimate of drug-likeness (QED) is 0.252. The second kappa shape index (κ2) is 11.6. The summed E-state index contributed by atoms with van der Waals surface area (Å²) in [7, 11) is -7.08. The Hall–Kier alpha value is -1.75. The minimum atomic E-state index is -4.42. The van der Waals surface area contributed by atoms with Gasteiger partial charge in [0.15, 0.2) is 14.4 Å². The van der Waals surface area contributed by atoms with E-state index in [0.29, 0.717) is 0 Å². The number of hydrogen-bond donors (Lipinski definition) is 0. The van der Waals surface area contributed by atoms with E-state index in [1.54, 1.807) is 19.1 Å². The maximum Gasteiger partial charge on any atom is 0.340 e. The molecule has 0 unspecified atom stereocenters. The first-order valence-electron chi connectivity index (χ1n) is 11.0. The van der Waals surface area contributed by atoms with Crippen molar-refractivity contribution in [3.63, 3.8) is 0 Å². The minimum absolute atomic E-state index is 0.00865. The lowest BCUT2D eigenvalue weighted by molar-refractivity contribution is -0.169. The second-order valence-corrected chi connectivity index (χ2v) is 16.2. The molecule has 0 spiro atoms. The third kappa shape index (κ3) is 8.51. The molecule has 1 rings (SSSR count). The molecule has 1 aromatic rings. The van der Waals surface area contributed by atoms with Crippen LogP contribution in [0.15, 0.2) is 29.2 Å². The van der Waals surface area contributed by atoms with Gasteiger partial charge in [-0.15, -0.1) is 0 Å². The molecule has 0 fully saturated rings. The van der Waals surface area contributed by atoms with Crippen LogP contribution in [-0.4, -0.2) is 54.1 Å². The van der Waals surface area contributed by atoms with E-state index in [0.717, 1.165) is 5.56 Å². The molecule has 0 aromatic heterocycles. The fourth-order valence-electron chi connectivity index (χ4n) is 2.39. The molecule has 33 heavy (non-hydrogen) atoms. The van der Waals surface area contributed by atoms with E-state index in [4.69, 9.17) is 18.1 Å². The molecule has 0 N–H and O–H groups in total. The highest BCUT2D eigenvalue weighted by molar-refractivity contribution is 7.86. The first kappa shape index (κ1) is 29.3. The van der Waals surface area contributed by atoms with E-state index in [-0.39, 0.29) is 29.1 Å². The van der Waals surface area contributed by atoms with Crippen LogP contribution in [0.2, 0.25) is 18.1 Å². The summed E-state index contributed by atoms with van der Waals surface area (Å²) in [5.41, 5.74) is 0.854. The summed E-state index contributed by atoms with van der Waals surface area (Å²) in [6.45, 7) is 16.8. The number of ether oxygens (including phenoxy) is 2. The third-order valence-electron chi connectivity index (χ3n) is 5.35. The van der Waals surface area contributed by atoms with Gasteiger partial charge in [-0.3, -0.25) is 0 Å². The van der Waals surface area contributed by atoms with E-state index >= 15 is 0 Å². The smallest absolute Gasteiger partial charge is 0.340 e. The lowest BCUT2D eigenvalue weighted by Gasteiger charge is -2.39. The first-order chi connectivity index (χ1) is 15.0. The van der Waals surface area contributed by atoms with Gasteiger partial charge in [0.25, 0.3) is 10.1 Å². The van der Waals surface area contributed by atoms with E-state index in [1.807, 2.05) is 54.6 Å². The van der Waals surface area contributed by atoms with Crippen LogP contribution in [0.5, 0.6) is 0 Å². The van der Waals surface area contributed by atoms with Crippen molar-refractivity contribution in [3.05, 3.63) is 29.8 Å². The van der Waals surface area contributed by atoms with Crippen LogP contribution in [0.1, 0.15) is 47.1 Å². The van der Waals surface area contributed by atoms with Gasteiger partial charge < -0.3 is 13.9 Å². The van der Waals surface area contributed by atoms with Gasteiger partial charge in [-0.25, -0.2) is 13.8 Å². The molecule has 0 saturated heterocycles. The summed E-state index contributed by atoms with van der Waals surface area (Å²) in [6, 6.07) is 5.96. The molecule has 0 aliphatic rings. The van der Waals surface area contributed by atoms with Gasteiger partial charge >= 0.3 is 11.9 Å². The van der Waals surface area contributed by atoms with E-state index in [2.05, 4.69) is 0 Å². The number of esters is 2. The summed E-state index contributed by atoms with van der Waals surface area (Å²) in [4.78, 5) is 25.8. The number of aryl methyl sites for hydroxylation is 1. The van der Waals surface area contributed by atoms with Crippen molar-refractivity contribution in [1.82, 2.24) is 0 Å². The van der Waals surface area contributed by atoms with Gasteiger partial charge in [0.1, 0.15) is 0 Å². The zero-order valence-corrected chi connectivity index (χ0v) is 22.9. The summed E-state index contributed by atoms with van der Waals surface area (Å²) >= 11 is 0. The molecule has 0 heterocycles. The molecule has 0 aliphatic carbocycles. The van der Waals surface area contributed by atoms with Crippen LogP contribution in [0.3, 0.4) is 0 Å². The second-order valence-electron chi connectivity index (χ2n) is 9.86. The Labute approximate surface area is 199 Å². The number of carbonyl (C=O) groups excluding carboxylic acids is 2. The minimum Gasteiger partial charge on any atom is -0.464 e. The molecule has 0 aliphatic heterocycles. The SMILES string of the molecule is CCOC(=O)[C@@H](O[Si](C)(C)C(C)(C)C)[C@H](OS(=O)(=O)c1ccc(C)cc1)C(=O)OCC(C)C. The molecule has 0 radical (unpaired) electrons. The molecule has 10 heteroatoms. The van der Waals surface area contributed by atoms with Crippen molar-refractivity contribution in [2.75, 3.05) is 13.2 Å². The molecular formula is C23H38O8SSi. The standard InChI is InChI=1S/C23H38O8SSi/c1-10-28-22(25)20(31-33(8,9)23(5,6)7)19(21(24)29-15-16(2)3)30-32(26,27)18-13-11-17(4)12-14-18/h11-14,16,19-20H,10,15H2,1-9H3/t19-,20-/m0/s1. The Morgan fingerprint density at radius 3 is 1.94 bits per heavy atom. The lowest BCUT2D eigenvalue weighted by atomic mass is 10.2. The van der Waals surface area contributed by atoms with Crippen molar-refractivity contribution in [1.29, 1.82) is 0 Å². The Bertz CT molecular complexity index is 901. The zero-order chi connectivity index (χ0) is 25.6. The number of benzene rings is 1. The van der Waals surface area contributed by atoms with Crippen LogP contribution in [-0.2, 0) is 37.8 Å². The number of rotatable bonds is 11. The number of carbonyl (C=O) groups is 2. The average molecular weight is 503 g/mol. The normalized spacial score (nSPS) is 14.6. The molecule has 188 valence electrons. The number of hydrogen-bond acceptors (Lipinski definition) is 8. The molecule has 0 amide bonds. The van der Waals surface area contributed by atoms with Gasteiger partial charge in [0.2, 0.25) is 6.10 Å². The van der Waals surface area contributed by atoms with E-state index < -0.39 is 42.6 Å². The maximum absolute atomic E-state index is 13.0. The van der Waals surface area contributed by atoms with Crippen molar-refractivity contribution < 1.29 is 36.1 Å². The summed E-state index contributed by atoms with van der Waals surface area (Å²) < 4.78 is 48.0. The molecule has 8 nitrogen and oxygen atoms in total. The predicted octanol–water partition coefficient (Wildman–Crippen LogP) is 4.22. The Morgan fingerprint density at radius 2 is 1.48 bits per heavy atom. The third-order valence-corrected chi connectivity index (χ3v) is 11.1. The molecule has 0 bridgehead atoms. The summed E-state index contributed by atoms with van der Waals surface area (Å²) in [5, 5.41) is -0.333. The summed E-state index contributed by atoms with van der Waals surface area (Å²) in [5.74, 6) is -1.89. The van der Waals surface area contributed by atoms with Crippen LogP contribution in [0, 0.1) is 12.8 Å². The zero-order valence-electron chi connectivity index (χ0n) is 21.1. The monoisotopic (exact) mass is 502 g/mol. The van der Waals surface area contributed by atoms with E-state index in [9.17, 15) is 18.0 Å². The Balaban J connectivity index is 3.48. The highest BCUT2D eigenvalue weighted by Gasteiger charge is 2.48. The largest absolute Gasteiger partial charge is 0.464 e. The van der Waals surface area contributed by atoms with Gasteiger partial charge in [-0.1, -0.05) is 52.3 Å². The van der Waals surface area contributed by atoms with Crippen molar-refractivity contribution in [3.8, 4) is 0 Å². The van der Waals surface area contributed by atoms with Crippen molar-refractivity contribution in [2.24, 2.45) is 5.92 Å². The molecule has 1 aromatic carbocycles. The maximum atomic E-state index is 13.0. The van der Waals surface area contributed by atoms with Crippen LogP contribution < -0.4 is 0 Å². The highest BCUT2D eigenvalue weighted by Crippen LogP contribution is 2.38. The van der Waals surface area contributed by atoms with Crippen LogP contribution in [0.4, 0.5) is 0 Å². The molecular weight excluding hydrogens is 464 g/mol. The summed E-state index contributed by atoms with van der Waals surface area (Å²) in [6.07, 6.45) is -3.46. The highest BCUT2D eigenvalue weighted by atomic mass is 32.2. The van der Waals surface area contributed by atoms with Crippen LogP contribution in [0.25, 0.3) is 0 Å². The topological polar surface area (TPSA) is 105 Å². The predicted molar refractivity (Wildman–Crippen MR) is 128 cm³/mol. The fraction of sp³-hybridized carbons (Fsp3) is 0.652. The van der Waals surface area contributed by atoms with E-state index in [1.165, 1.54) is 12.1 Å². The fourth-order valence-corrected chi connectivity index (χ4v) is 4.63. The van der Waals surface area contributed by atoms with Crippen molar-refractivity contribution >= 4 is 30.4 Å². The molecule has 0 saturated carbocycles. The Kier molecular flexibility index (Phi) is 10.3. The lowest BCUT2D eigenvalue weighted by Crippen LogP contribution is -2.54. The first-order valence-corrected chi connectivity index (χ1v) is 15.3. The molecule has 2 atom stereocenters. The van der Waals surface area contributed by atoms with Gasteiger partial charge in [-0.05, 0) is 50.0 Å². The average Bonchev–Trinajstić information content (AvgIpc) is 2.68. The van der Waals surface area contributed by atoms with Gasteiger partial charge in [-0.2, -0.15) is 8.42 Å². The van der Waals surface area contributed by atoms with Crippen LogP contribution >= 0.6 is 0 Å². The Morgan fingerprint density at radius 1 is 0.970 bits per heavy atom. The van der Waals surface area contributed by atoms with Crippen molar-refractivity contribution in [2.45, 2.75) is 83.7 Å². The van der Waals surface area contributed by atoms with Gasteiger partial charge in [0, 0.05) is 0 Å².